The second-order valence-corrected chi connectivity index (χ2v) is 7.90. The molecule has 8 heteroatoms. The van der Waals surface area contributed by atoms with Crippen molar-refractivity contribution in [1.29, 1.82) is 0 Å². The van der Waals surface area contributed by atoms with Gasteiger partial charge in [-0.25, -0.2) is 4.39 Å². The summed E-state index contributed by atoms with van der Waals surface area (Å²) in [7, 11) is 0. The van der Waals surface area contributed by atoms with E-state index in [2.05, 4.69) is 31.9 Å². The third kappa shape index (κ3) is 6.01. The summed E-state index contributed by atoms with van der Waals surface area (Å²) >= 11 is 3.32. The van der Waals surface area contributed by atoms with Crippen molar-refractivity contribution in [1.82, 2.24) is 10.6 Å². The monoisotopic (exact) mass is 497 g/mol. The van der Waals surface area contributed by atoms with Crippen LogP contribution in [-0.4, -0.2) is 30.8 Å². The molecule has 6 nitrogen and oxygen atoms in total. The first-order chi connectivity index (χ1) is 15.3. The summed E-state index contributed by atoms with van der Waals surface area (Å²) < 4.78 is 14.7. The molecule has 0 aliphatic rings. The fourth-order valence-electron chi connectivity index (χ4n) is 2.92. The van der Waals surface area contributed by atoms with E-state index in [4.69, 9.17) is 0 Å². The lowest BCUT2D eigenvalue weighted by atomic mass is 10.1. The molecule has 0 spiro atoms. The predicted octanol–water partition coefficient (Wildman–Crippen LogP) is 4.31. The van der Waals surface area contributed by atoms with Gasteiger partial charge in [-0.3, -0.25) is 14.4 Å². The average Bonchev–Trinajstić information content (AvgIpc) is 2.78. The van der Waals surface area contributed by atoms with E-state index in [9.17, 15) is 18.8 Å². The minimum Gasteiger partial charge on any atom is -0.350 e. The van der Waals surface area contributed by atoms with E-state index in [1.807, 2.05) is 6.07 Å². The Morgan fingerprint density at radius 2 is 1.47 bits per heavy atom. The summed E-state index contributed by atoms with van der Waals surface area (Å²) in [5, 5.41) is 8.11. The number of amides is 3. The van der Waals surface area contributed by atoms with E-state index < -0.39 is 11.7 Å². The van der Waals surface area contributed by atoms with Crippen molar-refractivity contribution in [2.45, 2.75) is 6.92 Å². The van der Waals surface area contributed by atoms with Crippen LogP contribution in [0.5, 0.6) is 0 Å². The quantitative estimate of drug-likeness (QED) is 0.425. The number of nitrogens with one attached hydrogen (secondary N) is 3. The molecule has 0 radical (unpaired) electrons. The number of aryl methyl sites for hydroxylation is 1. The molecule has 0 unspecified atom stereocenters. The van der Waals surface area contributed by atoms with Crippen LogP contribution in [0.4, 0.5) is 10.1 Å². The molecule has 0 aromatic heterocycles. The van der Waals surface area contributed by atoms with Crippen LogP contribution in [0.2, 0.25) is 0 Å². The van der Waals surface area contributed by atoms with Crippen LogP contribution in [-0.2, 0) is 0 Å². The predicted molar refractivity (Wildman–Crippen MR) is 124 cm³/mol. The van der Waals surface area contributed by atoms with Crippen molar-refractivity contribution in [3.05, 3.63) is 99.3 Å². The summed E-state index contributed by atoms with van der Waals surface area (Å²) in [6.07, 6.45) is 0. The molecule has 0 aliphatic carbocycles. The molecule has 3 aromatic rings. The molecule has 0 bridgehead atoms. The third-order valence-electron chi connectivity index (χ3n) is 4.65. The number of halogens is 2. The van der Waals surface area contributed by atoms with E-state index in [1.54, 1.807) is 43.3 Å². The molecule has 3 N–H and O–H groups in total. The Hall–Kier alpha value is -3.52. The van der Waals surface area contributed by atoms with Gasteiger partial charge in [0, 0.05) is 34.4 Å². The van der Waals surface area contributed by atoms with Crippen LogP contribution in [0, 0.1) is 12.7 Å². The normalized spacial score (nSPS) is 10.3. The fraction of sp³-hybridized carbons (Fsp3) is 0.125. The van der Waals surface area contributed by atoms with Crippen LogP contribution >= 0.6 is 15.9 Å². The lowest BCUT2D eigenvalue weighted by molar-refractivity contribution is 0.0927. The molecule has 0 heterocycles. The van der Waals surface area contributed by atoms with E-state index >= 15 is 0 Å². The molecule has 3 rings (SSSR count). The van der Waals surface area contributed by atoms with Gasteiger partial charge < -0.3 is 16.0 Å². The highest BCUT2D eigenvalue weighted by atomic mass is 79.9. The first kappa shape index (κ1) is 23.1. The first-order valence-corrected chi connectivity index (χ1v) is 10.6. The molecule has 0 saturated heterocycles. The molecular formula is C24H21BrFN3O3. The Balaban J connectivity index is 1.56. The first-order valence-electron chi connectivity index (χ1n) is 9.83. The number of hydrogen-bond donors (Lipinski definition) is 3. The second kappa shape index (κ2) is 10.7. The summed E-state index contributed by atoms with van der Waals surface area (Å²) in [4.78, 5) is 37.0. The SMILES string of the molecule is Cc1ccc(C(=O)NCCNC(=O)c2cccc(Br)c2)cc1NC(=O)c1ccccc1F. The van der Waals surface area contributed by atoms with Crippen molar-refractivity contribution < 1.29 is 18.8 Å². The van der Waals surface area contributed by atoms with Gasteiger partial charge in [0.05, 0.1) is 5.56 Å². The number of rotatable bonds is 7. The molecule has 3 amide bonds. The smallest absolute Gasteiger partial charge is 0.258 e. The highest BCUT2D eigenvalue weighted by Gasteiger charge is 2.14. The van der Waals surface area contributed by atoms with Crippen molar-refractivity contribution in [3.8, 4) is 0 Å². The van der Waals surface area contributed by atoms with Crippen LogP contribution < -0.4 is 16.0 Å². The topological polar surface area (TPSA) is 87.3 Å². The second-order valence-electron chi connectivity index (χ2n) is 6.99. The van der Waals surface area contributed by atoms with E-state index in [0.29, 0.717) is 16.8 Å². The van der Waals surface area contributed by atoms with Gasteiger partial charge in [-0.1, -0.05) is 40.2 Å². The number of carbonyl (C=O) groups excluding carboxylic acids is 3. The molecule has 0 fully saturated rings. The zero-order valence-electron chi connectivity index (χ0n) is 17.2. The van der Waals surface area contributed by atoms with Crippen molar-refractivity contribution in [3.63, 3.8) is 0 Å². The Bertz CT molecular complexity index is 1170. The lowest BCUT2D eigenvalue weighted by Gasteiger charge is -2.12. The molecule has 0 saturated carbocycles. The fourth-order valence-corrected chi connectivity index (χ4v) is 3.32. The highest BCUT2D eigenvalue weighted by molar-refractivity contribution is 9.10. The van der Waals surface area contributed by atoms with Gasteiger partial charge in [0.2, 0.25) is 0 Å². The van der Waals surface area contributed by atoms with Gasteiger partial charge in [-0.05, 0) is 55.0 Å². The maximum Gasteiger partial charge on any atom is 0.258 e. The van der Waals surface area contributed by atoms with Crippen molar-refractivity contribution >= 4 is 39.3 Å². The van der Waals surface area contributed by atoms with Crippen molar-refractivity contribution in [2.24, 2.45) is 0 Å². The van der Waals surface area contributed by atoms with Gasteiger partial charge in [-0.2, -0.15) is 0 Å². The summed E-state index contributed by atoms with van der Waals surface area (Å²) in [5.74, 6) is -1.82. The minimum atomic E-state index is -0.624. The van der Waals surface area contributed by atoms with Crippen LogP contribution in [0.15, 0.2) is 71.2 Å². The van der Waals surface area contributed by atoms with E-state index in [1.165, 1.54) is 24.3 Å². The molecule has 164 valence electrons. The summed E-state index contributed by atoms with van der Waals surface area (Å²) in [6, 6.07) is 17.5. The molecule has 3 aromatic carbocycles. The van der Waals surface area contributed by atoms with Crippen molar-refractivity contribution in [2.75, 3.05) is 18.4 Å². The van der Waals surface area contributed by atoms with Gasteiger partial charge in [0.1, 0.15) is 5.82 Å². The van der Waals surface area contributed by atoms with Gasteiger partial charge in [0.25, 0.3) is 17.7 Å². The summed E-state index contributed by atoms with van der Waals surface area (Å²) in [5.41, 5.74) is 1.90. The number of benzene rings is 3. The Morgan fingerprint density at radius 3 is 2.12 bits per heavy atom. The maximum atomic E-state index is 13.9. The van der Waals surface area contributed by atoms with E-state index in [0.717, 1.165) is 10.0 Å². The van der Waals surface area contributed by atoms with Crippen LogP contribution in [0.1, 0.15) is 36.6 Å². The van der Waals surface area contributed by atoms with Gasteiger partial charge in [0.15, 0.2) is 0 Å². The Morgan fingerprint density at radius 1 is 0.812 bits per heavy atom. The standard InChI is InChI=1S/C24H21BrFN3O3/c1-15-9-10-17(14-21(15)29-24(32)19-7-2-3-8-20(19)26)23(31)28-12-11-27-22(30)16-5-4-6-18(25)13-16/h2-10,13-14H,11-12H2,1H3,(H,27,30)(H,28,31)(H,29,32). The molecule has 32 heavy (non-hydrogen) atoms. The number of carbonyl (C=O) groups is 3. The Labute approximate surface area is 193 Å². The van der Waals surface area contributed by atoms with E-state index in [-0.39, 0.29) is 30.5 Å². The molecule has 0 aliphatic heterocycles. The zero-order chi connectivity index (χ0) is 23.1. The third-order valence-corrected chi connectivity index (χ3v) is 5.14. The highest BCUT2D eigenvalue weighted by Crippen LogP contribution is 2.19. The summed E-state index contributed by atoms with van der Waals surface area (Å²) in [6.45, 7) is 2.25. The number of hydrogen-bond acceptors (Lipinski definition) is 3. The maximum absolute atomic E-state index is 13.9. The average molecular weight is 498 g/mol. The number of anilines is 1. The van der Waals surface area contributed by atoms with Crippen LogP contribution in [0.25, 0.3) is 0 Å². The molecule has 0 atom stereocenters. The largest absolute Gasteiger partial charge is 0.350 e. The minimum absolute atomic E-state index is 0.0806. The van der Waals surface area contributed by atoms with Gasteiger partial charge in [-0.15, -0.1) is 0 Å². The zero-order valence-corrected chi connectivity index (χ0v) is 18.8. The Kier molecular flexibility index (Phi) is 7.72. The lowest BCUT2D eigenvalue weighted by Crippen LogP contribution is -2.34. The van der Waals surface area contributed by atoms with Crippen LogP contribution in [0.3, 0.4) is 0 Å². The molecular weight excluding hydrogens is 477 g/mol. The van der Waals surface area contributed by atoms with Gasteiger partial charge >= 0.3 is 0 Å².